The number of aromatic nitrogens is 3. The van der Waals surface area contributed by atoms with Gasteiger partial charge in [-0.3, -0.25) is 0 Å². The minimum Gasteiger partial charge on any atom is -0.487 e. The van der Waals surface area contributed by atoms with E-state index < -0.39 is 30.2 Å². The molecule has 0 amide bonds. The predicted octanol–water partition coefficient (Wildman–Crippen LogP) is 1.67. The maximum Gasteiger partial charge on any atom is 0.154 e. The summed E-state index contributed by atoms with van der Waals surface area (Å²) in [6.45, 7) is 1.57. The Balaban J connectivity index is 1.47. The summed E-state index contributed by atoms with van der Waals surface area (Å²) in [7, 11) is 0. The van der Waals surface area contributed by atoms with Gasteiger partial charge in [0, 0.05) is 29.2 Å². The van der Waals surface area contributed by atoms with Crippen molar-refractivity contribution in [3.63, 3.8) is 0 Å². The maximum absolute atomic E-state index is 14.5. The summed E-state index contributed by atoms with van der Waals surface area (Å²) >= 11 is 3.52. The van der Waals surface area contributed by atoms with E-state index >= 15 is 0 Å². The first-order chi connectivity index (χ1) is 14.4. The Bertz CT molecular complexity index is 1120. The van der Waals surface area contributed by atoms with Crippen LogP contribution in [-0.4, -0.2) is 49.6 Å². The first-order valence-electron chi connectivity index (χ1n) is 9.75. The topological polar surface area (TPSA) is 118 Å². The minimum absolute atomic E-state index is 0.0327. The van der Waals surface area contributed by atoms with Crippen LogP contribution in [0.2, 0.25) is 0 Å². The summed E-state index contributed by atoms with van der Waals surface area (Å²) in [6.07, 6.45) is 0.709. The number of nitrogens with two attached hydrogens (primary N) is 1. The number of benzene rings is 1. The molecule has 2 unspecified atom stereocenters. The lowest BCUT2D eigenvalue weighted by Gasteiger charge is -2.24. The van der Waals surface area contributed by atoms with Crippen molar-refractivity contribution in [1.82, 2.24) is 19.9 Å². The van der Waals surface area contributed by atoms with E-state index in [1.807, 2.05) is 6.07 Å². The highest BCUT2D eigenvalue weighted by Crippen LogP contribution is 2.39. The quantitative estimate of drug-likeness (QED) is 0.453. The lowest BCUT2D eigenvalue weighted by atomic mass is 10.00. The number of nitrogens with one attached hydrogen (secondary N) is 1. The molecule has 2 aromatic heterocycles. The number of rotatable bonds is 3. The van der Waals surface area contributed by atoms with Crippen molar-refractivity contribution in [1.29, 1.82) is 0 Å². The zero-order valence-electron chi connectivity index (χ0n) is 15.9. The molecule has 1 aromatic carbocycles. The van der Waals surface area contributed by atoms with Crippen LogP contribution < -0.4 is 15.8 Å². The first-order valence-corrected chi connectivity index (χ1v) is 10.5. The molecule has 1 fully saturated rings. The monoisotopic (exact) mass is 477 g/mol. The number of anilines is 1. The van der Waals surface area contributed by atoms with Gasteiger partial charge < -0.3 is 30.6 Å². The van der Waals surface area contributed by atoms with Gasteiger partial charge in [-0.25, -0.2) is 14.4 Å². The minimum atomic E-state index is -1.15. The summed E-state index contributed by atoms with van der Waals surface area (Å²) in [5.41, 5.74) is 8.30. The third-order valence-corrected chi connectivity index (χ3v) is 6.42. The van der Waals surface area contributed by atoms with Crippen LogP contribution in [0, 0.1) is 5.82 Å². The van der Waals surface area contributed by atoms with Crippen LogP contribution in [0.5, 0.6) is 5.75 Å². The number of ether oxygens (including phenoxy) is 1. The van der Waals surface area contributed by atoms with E-state index in [0.717, 1.165) is 23.0 Å². The average molecular weight is 478 g/mol. The van der Waals surface area contributed by atoms with E-state index in [1.54, 1.807) is 0 Å². The fraction of sp³-hybridized carbons (Fsp3) is 0.400. The van der Waals surface area contributed by atoms with Gasteiger partial charge in [0.1, 0.15) is 41.9 Å². The number of aliphatic hydroxyl groups is 2. The summed E-state index contributed by atoms with van der Waals surface area (Å²) in [5.74, 6) is 0.130. The van der Waals surface area contributed by atoms with Crippen LogP contribution in [0.25, 0.3) is 11.0 Å². The van der Waals surface area contributed by atoms with E-state index in [9.17, 15) is 14.6 Å². The van der Waals surface area contributed by atoms with Gasteiger partial charge in [-0.15, -0.1) is 0 Å². The summed E-state index contributed by atoms with van der Waals surface area (Å²) in [6, 6.07) is 3.33. The van der Waals surface area contributed by atoms with Crippen LogP contribution in [0.1, 0.15) is 23.6 Å². The SMILES string of the molecule is Nc1ncnc2c1c(F)cn2C1CC(Oc2cc(Br)cc3c2CNCC3)[C@@H](O)[C@H]1O. The molecule has 1 aliphatic carbocycles. The number of halogens is 2. The molecule has 1 aliphatic heterocycles. The molecule has 8 nitrogen and oxygen atoms in total. The molecule has 0 saturated heterocycles. The van der Waals surface area contributed by atoms with Crippen molar-refractivity contribution in [3.05, 3.63) is 46.1 Å². The van der Waals surface area contributed by atoms with E-state index in [1.165, 1.54) is 22.7 Å². The largest absolute Gasteiger partial charge is 0.487 e. The van der Waals surface area contributed by atoms with Gasteiger partial charge in [0.2, 0.25) is 0 Å². The second-order valence-corrected chi connectivity index (χ2v) is 8.67. The van der Waals surface area contributed by atoms with Crippen LogP contribution in [0.3, 0.4) is 0 Å². The van der Waals surface area contributed by atoms with Crippen molar-refractivity contribution in [3.8, 4) is 5.75 Å². The lowest BCUT2D eigenvalue weighted by molar-refractivity contribution is -0.0167. The lowest BCUT2D eigenvalue weighted by Crippen LogP contribution is -2.34. The molecule has 158 valence electrons. The van der Waals surface area contributed by atoms with Crippen LogP contribution in [-0.2, 0) is 13.0 Å². The average Bonchev–Trinajstić information content (AvgIpc) is 3.20. The third kappa shape index (κ3) is 3.15. The Kier molecular flexibility index (Phi) is 4.89. The molecule has 0 radical (unpaired) electrons. The number of hydrogen-bond acceptors (Lipinski definition) is 7. The highest BCUT2D eigenvalue weighted by molar-refractivity contribution is 9.10. The summed E-state index contributed by atoms with van der Waals surface area (Å²) in [5, 5.41) is 24.8. The number of nitrogens with zero attached hydrogens (tertiary/aromatic N) is 3. The Labute approximate surface area is 180 Å². The Morgan fingerprint density at radius 3 is 2.93 bits per heavy atom. The Morgan fingerprint density at radius 2 is 2.10 bits per heavy atom. The third-order valence-electron chi connectivity index (χ3n) is 5.97. The molecule has 5 N–H and O–H groups in total. The molecular weight excluding hydrogens is 457 g/mol. The van der Waals surface area contributed by atoms with E-state index in [-0.39, 0.29) is 23.3 Å². The summed E-state index contributed by atoms with van der Waals surface area (Å²) < 4.78 is 23.0. The van der Waals surface area contributed by atoms with Gasteiger partial charge in [0.15, 0.2) is 5.82 Å². The fourth-order valence-electron chi connectivity index (χ4n) is 4.47. The van der Waals surface area contributed by atoms with Crippen molar-refractivity contribution >= 4 is 32.8 Å². The van der Waals surface area contributed by atoms with Gasteiger partial charge in [-0.1, -0.05) is 15.9 Å². The van der Waals surface area contributed by atoms with Gasteiger partial charge >= 0.3 is 0 Å². The van der Waals surface area contributed by atoms with E-state index in [0.29, 0.717) is 12.3 Å². The number of nitrogen functional groups attached to an aromatic ring is 1. The van der Waals surface area contributed by atoms with Crippen LogP contribution >= 0.6 is 15.9 Å². The molecule has 30 heavy (non-hydrogen) atoms. The zero-order chi connectivity index (χ0) is 21.0. The molecule has 2 aliphatic rings. The smallest absolute Gasteiger partial charge is 0.154 e. The normalized spacial score (nSPS) is 26.1. The van der Waals surface area contributed by atoms with Gasteiger partial charge in [0.05, 0.1) is 11.4 Å². The van der Waals surface area contributed by atoms with Gasteiger partial charge in [-0.2, -0.15) is 0 Å². The fourth-order valence-corrected chi connectivity index (χ4v) is 4.95. The van der Waals surface area contributed by atoms with Crippen molar-refractivity contribution in [2.75, 3.05) is 12.3 Å². The summed E-state index contributed by atoms with van der Waals surface area (Å²) in [4.78, 5) is 7.96. The molecule has 3 heterocycles. The first kappa shape index (κ1) is 19.7. The van der Waals surface area contributed by atoms with Crippen LogP contribution in [0.15, 0.2) is 29.1 Å². The highest BCUT2D eigenvalue weighted by atomic mass is 79.9. The number of hydrogen-bond donors (Lipinski definition) is 4. The molecule has 0 spiro atoms. The van der Waals surface area contributed by atoms with Crippen molar-refractivity contribution in [2.24, 2.45) is 0 Å². The number of fused-ring (bicyclic) bond motifs is 2. The molecule has 10 heteroatoms. The van der Waals surface area contributed by atoms with E-state index in [4.69, 9.17) is 10.5 Å². The molecule has 4 atom stereocenters. The van der Waals surface area contributed by atoms with Crippen molar-refractivity contribution < 1.29 is 19.3 Å². The van der Waals surface area contributed by atoms with E-state index in [2.05, 4.69) is 37.3 Å². The second-order valence-electron chi connectivity index (χ2n) is 7.75. The zero-order valence-corrected chi connectivity index (χ0v) is 17.5. The molecule has 5 rings (SSSR count). The number of aliphatic hydroxyl groups excluding tert-OH is 2. The van der Waals surface area contributed by atoms with Gasteiger partial charge in [0.25, 0.3) is 0 Å². The predicted molar refractivity (Wildman–Crippen MR) is 112 cm³/mol. The van der Waals surface area contributed by atoms with Crippen LogP contribution in [0.4, 0.5) is 10.2 Å². The standard InChI is InChI=1S/C20H21BrFN5O3/c21-10-3-9-1-2-24-6-11(9)14(4-10)30-15-5-13(17(28)18(15)29)27-7-12(22)16-19(23)25-8-26-20(16)27/h3-4,7-8,13,15,17-18,24,28-29H,1-2,5-6H2,(H2,23,25,26)/t13?,15?,17-,18+/m0/s1. The molecular formula is C20H21BrFN5O3. The Hall–Kier alpha value is -2.27. The molecule has 0 bridgehead atoms. The second kappa shape index (κ2) is 7.45. The highest BCUT2D eigenvalue weighted by Gasteiger charge is 2.45. The maximum atomic E-state index is 14.5. The molecule has 3 aromatic rings. The van der Waals surface area contributed by atoms with Gasteiger partial charge in [-0.05, 0) is 30.7 Å². The molecule has 1 saturated carbocycles. The van der Waals surface area contributed by atoms with Crippen molar-refractivity contribution in [2.45, 2.75) is 43.7 Å². The Morgan fingerprint density at radius 1 is 1.27 bits per heavy atom.